The fourth-order valence-electron chi connectivity index (χ4n) is 4.01. The molecule has 1 aromatic heterocycles. The molecule has 1 N–H and O–H groups in total. The first kappa shape index (κ1) is 20.5. The monoisotopic (exact) mass is 409 g/mol. The van der Waals surface area contributed by atoms with Crippen LogP contribution in [0.3, 0.4) is 0 Å². The molecule has 1 saturated heterocycles. The number of carbonyl (C=O) groups excluding carboxylic acids is 1. The van der Waals surface area contributed by atoms with Crippen molar-refractivity contribution in [2.75, 3.05) is 24.6 Å². The summed E-state index contributed by atoms with van der Waals surface area (Å²) in [6.45, 7) is 6.08. The molecule has 2 heterocycles. The van der Waals surface area contributed by atoms with Gasteiger partial charge in [-0.15, -0.1) is 0 Å². The van der Waals surface area contributed by atoms with Crippen molar-refractivity contribution in [1.82, 2.24) is 10.3 Å². The van der Waals surface area contributed by atoms with Crippen LogP contribution < -0.4 is 19.7 Å². The number of pyridine rings is 1. The number of benzene rings is 1. The Labute approximate surface area is 178 Å². The van der Waals surface area contributed by atoms with Gasteiger partial charge in [0, 0.05) is 37.8 Å². The Morgan fingerprint density at radius 3 is 2.73 bits per heavy atom. The summed E-state index contributed by atoms with van der Waals surface area (Å²) in [5.41, 5.74) is 2.20. The molecule has 2 aromatic rings. The summed E-state index contributed by atoms with van der Waals surface area (Å²) >= 11 is 0. The van der Waals surface area contributed by atoms with Gasteiger partial charge in [0.2, 0.25) is 11.8 Å². The second-order valence-corrected chi connectivity index (χ2v) is 8.43. The van der Waals surface area contributed by atoms with Gasteiger partial charge in [-0.25, -0.2) is 4.98 Å². The molecule has 1 saturated carbocycles. The molecule has 0 unspecified atom stereocenters. The van der Waals surface area contributed by atoms with Gasteiger partial charge in [0.25, 0.3) is 0 Å². The minimum absolute atomic E-state index is 0.00841. The number of rotatable bonds is 8. The van der Waals surface area contributed by atoms with Crippen molar-refractivity contribution in [2.24, 2.45) is 5.92 Å². The number of hydrogen-bond donors (Lipinski definition) is 1. The number of carbonyl (C=O) groups is 1. The van der Waals surface area contributed by atoms with Crippen LogP contribution in [0.4, 0.5) is 5.69 Å². The van der Waals surface area contributed by atoms with E-state index in [2.05, 4.69) is 15.2 Å². The average molecular weight is 410 g/mol. The highest BCUT2D eigenvalue weighted by Crippen LogP contribution is 2.29. The number of ether oxygens (including phenoxy) is 2. The van der Waals surface area contributed by atoms with Gasteiger partial charge in [0.05, 0.1) is 19.2 Å². The lowest BCUT2D eigenvalue weighted by atomic mass is 9.86. The van der Waals surface area contributed by atoms with Crippen LogP contribution in [0, 0.1) is 5.92 Å². The van der Waals surface area contributed by atoms with Crippen molar-refractivity contribution < 1.29 is 14.3 Å². The highest BCUT2D eigenvalue weighted by Gasteiger charge is 2.25. The molecule has 1 amide bonds. The zero-order chi connectivity index (χ0) is 20.9. The zero-order valence-electron chi connectivity index (χ0n) is 17.8. The van der Waals surface area contributed by atoms with Gasteiger partial charge in [-0.3, -0.25) is 4.79 Å². The Kier molecular flexibility index (Phi) is 6.41. The van der Waals surface area contributed by atoms with Gasteiger partial charge >= 0.3 is 0 Å². The molecule has 2 fully saturated rings. The molecule has 6 nitrogen and oxygen atoms in total. The van der Waals surface area contributed by atoms with Crippen LogP contribution >= 0.6 is 0 Å². The minimum Gasteiger partial charge on any atom is -0.489 e. The quantitative estimate of drug-likeness (QED) is 0.711. The second-order valence-electron chi connectivity index (χ2n) is 8.43. The van der Waals surface area contributed by atoms with Crippen molar-refractivity contribution >= 4 is 11.6 Å². The van der Waals surface area contributed by atoms with E-state index in [0.717, 1.165) is 43.1 Å². The predicted molar refractivity (Wildman–Crippen MR) is 117 cm³/mol. The molecule has 160 valence electrons. The standard InChI is InChI=1S/C24H31N3O3/c1-17(26-18(2)28)20-6-8-22(9-7-20)30-23-11-13-27(15-23)21-10-12-25-24(14-21)29-16-19-4-3-5-19/h6-10,12,14,17,19,23H,3-5,11,13,15-16H2,1-2H3,(H,26,28)/t17-,23+/m0/s1. The molecule has 2 atom stereocenters. The van der Waals surface area contributed by atoms with Gasteiger partial charge < -0.3 is 19.7 Å². The molecule has 6 heteroatoms. The number of nitrogens with one attached hydrogen (secondary N) is 1. The van der Waals surface area contributed by atoms with Crippen LogP contribution in [0.15, 0.2) is 42.6 Å². The van der Waals surface area contributed by atoms with Crippen LogP contribution in [-0.4, -0.2) is 36.7 Å². The molecule has 4 rings (SSSR count). The van der Waals surface area contributed by atoms with E-state index in [4.69, 9.17) is 9.47 Å². The Morgan fingerprint density at radius 2 is 2.03 bits per heavy atom. The van der Waals surface area contributed by atoms with Gasteiger partial charge in [-0.2, -0.15) is 0 Å². The first-order valence-corrected chi connectivity index (χ1v) is 10.9. The van der Waals surface area contributed by atoms with Crippen molar-refractivity contribution in [3.63, 3.8) is 0 Å². The molecule has 2 aliphatic rings. The molecule has 0 bridgehead atoms. The number of aromatic nitrogens is 1. The zero-order valence-corrected chi connectivity index (χ0v) is 17.8. The summed E-state index contributed by atoms with van der Waals surface area (Å²) in [6.07, 6.45) is 6.83. The molecule has 30 heavy (non-hydrogen) atoms. The lowest BCUT2D eigenvalue weighted by Crippen LogP contribution is -2.25. The molecular weight excluding hydrogens is 378 g/mol. The van der Waals surface area contributed by atoms with Crippen molar-refractivity contribution in [2.45, 2.75) is 51.7 Å². The molecule has 0 spiro atoms. The Morgan fingerprint density at radius 1 is 1.23 bits per heavy atom. The largest absolute Gasteiger partial charge is 0.489 e. The lowest BCUT2D eigenvalue weighted by molar-refractivity contribution is -0.119. The van der Waals surface area contributed by atoms with Gasteiger partial charge in [0.1, 0.15) is 11.9 Å². The average Bonchev–Trinajstić information content (AvgIpc) is 3.16. The number of hydrogen-bond acceptors (Lipinski definition) is 5. The van der Waals surface area contributed by atoms with E-state index in [-0.39, 0.29) is 18.1 Å². The Balaban J connectivity index is 1.29. The third-order valence-electron chi connectivity index (χ3n) is 6.02. The maximum atomic E-state index is 11.2. The van der Waals surface area contributed by atoms with Crippen LogP contribution in [0.2, 0.25) is 0 Å². The van der Waals surface area contributed by atoms with E-state index in [1.807, 2.05) is 49.5 Å². The van der Waals surface area contributed by atoms with E-state index in [1.165, 1.54) is 26.2 Å². The summed E-state index contributed by atoms with van der Waals surface area (Å²) in [7, 11) is 0. The molecule has 0 radical (unpaired) electrons. The molecule has 1 aromatic carbocycles. The summed E-state index contributed by atoms with van der Waals surface area (Å²) in [6, 6.07) is 12.1. The topological polar surface area (TPSA) is 63.7 Å². The van der Waals surface area contributed by atoms with E-state index in [9.17, 15) is 4.79 Å². The van der Waals surface area contributed by atoms with E-state index < -0.39 is 0 Å². The van der Waals surface area contributed by atoms with E-state index in [0.29, 0.717) is 11.8 Å². The number of nitrogens with zero attached hydrogens (tertiary/aromatic N) is 2. The molecular formula is C24H31N3O3. The molecule has 1 aliphatic heterocycles. The van der Waals surface area contributed by atoms with Gasteiger partial charge in [0.15, 0.2) is 0 Å². The second kappa shape index (κ2) is 9.37. The molecule has 1 aliphatic carbocycles. The Bertz CT molecular complexity index is 851. The minimum atomic E-state index is -0.0263. The van der Waals surface area contributed by atoms with E-state index >= 15 is 0 Å². The van der Waals surface area contributed by atoms with Crippen LogP contribution in [0.1, 0.15) is 51.1 Å². The van der Waals surface area contributed by atoms with Crippen LogP contribution in [-0.2, 0) is 4.79 Å². The van der Waals surface area contributed by atoms with Gasteiger partial charge in [-0.1, -0.05) is 18.6 Å². The number of anilines is 1. The van der Waals surface area contributed by atoms with Crippen molar-refractivity contribution in [3.05, 3.63) is 48.2 Å². The number of amides is 1. The normalized spacial score (nSPS) is 19.8. The van der Waals surface area contributed by atoms with Crippen LogP contribution in [0.5, 0.6) is 11.6 Å². The van der Waals surface area contributed by atoms with Crippen LogP contribution in [0.25, 0.3) is 0 Å². The first-order chi connectivity index (χ1) is 14.6. The third-order valence-corrected chi connectivity index (χ3v) is 6.02. The lowest BCUT2D eigenvalue weighted by Gasteiger charge is -2.25. The smallest absolute Gasteiger partial charge is 0.217 e. The van der Waals surface area contributed by atoms with Crippen molar-refractivity contribution in [3.8, 4) is 11.6 Å². The summed E-state index contributed by atoms with van der Waals surface area (Å²) < 4.78 is 12.1. The first-order valence-electron chi connectivity index (χ1n) is 10.9. The fourth-order valence-corrected chi connectivity index (χ4v) is 4.01. The summed E-state index contributed by atoms with van der Waals surface area (Å²) in [5.74, 6) is 2.25. The van der Waals surface area contributed by atoms with Gasteiger partial charge in [-0.05, 0) is 49.4 Å². The highest BCUT2D eigenvalue weighted by atomic mass is 16.5. The maximum Gasteiger partial charge on any atom is 0.217 e. The van der Waals surface area contributed by atoms with Crippen molar-refractivity contribution in [1.29, 1.82) is 0 Å². The maximum absolute atomic E-state index is 11.2. The summed E-state index contributed by atoms with van der Waals surface area (Å²) in [4.78, 5) is 17.9. The van der Waals surface area contributed by atoms with E-state index in [1.54, 1.807) is 0 Å². The summed E-state index contributed by atoms with van der Waals surface area (Å²) in [5, 5.41) is 2.90. The predicted octanol–water partition coefficient (Wildman–Crippen LogP) is 4.12. The SMILES string of the molecule is CC(=O)N[C@@H](C)c1ccc(O[C@@H]2CCN(c3ccnc(OCC4CCC4)c3)C2)cc1. The Hall–Kier alpha value is -2.76. The fraction of sp³-hybridized carbons (Fsp3) is 0.500. The highest BCUT2D eigenvalue weighted by molar-refractivity contribution is 5.73. The third kappa shape index (κ3) is 5.23.